The number of aromatic nitrogens is 2. The molecule has 3 rings (SSSR count). The highest BCUT2D eigenvalue weighted by Gasteiger charge is 2.21. The van der Waals surface area contributed by atoms with Gasteiger partial charge in [-0.15, -0.1) is 11.3 Å². The number of carbonyl (C=O) groups is 1. The van der Waals surface area contributed by atoms with E-state index in [4.69, 9.17) is 16.1 Å². The van der Waals surface area contributed by atoms with Gasteiger partial charge < -0.3 is 9.84 Å². The number of amides is 1. The lowest BCUT2D eigenvalue weighted by Crippen LogP contribution is -2.22. The number of nitrogens with one attached hydrogen (secondary N) is 1. The lowest BCUT2D eigenvalue weighted by Gasteiger charge is -2.17. The molecule has 1 saturated heterocycles. The largest absolute Gasteiger partial charge is 0.342 e. The Kier molecular flexibility index (Phi) is 4.82. The molecule has 21 heavy (non-hydrogen) atoms. The summed E-state index contributed by atoms with van der Waals surface area (Å²) >= 11 is 9.01. The van der Waals surface area contributed by atoms with E-state index in [0.717, 1.165) is 30.2 Å². The SMILES string of the molecule is O=C(NCc1nc(C2CCSCC2)no1)c1ccc(Cl)s1. The van der Waals surface area contributed by atoms with Crippen LogP contribution < -0.4 is 5.32 Å². The van der Waals surface area contributed by atoms with E-state index in [1.807, 2.05) is 11.8 Å². The molecule has 0 saturated carbocycles. The monoisotopic (exact) mass is 343 g/mol. The van der Waals surface area contributed by atoms with Crippen molar-refractivity contribution in [2.75, 3.05) is 11.5 Å². The summed E-state index contributed by atoms with van der Waals surface area (Å²) in [7, 11) is 0. The second-order valence-electron chi connectivity index (χ2n) is 4.72. The molecular formula is C13H14ClN3O2S2. The number of thioether (sulfide) groups is 1. The Labute approximate surface area is 135 Å². The Morgan fingerprint density at radius 2 is 2.24 bits per heavy atom. The average Bonchev–Trinajstić information content (AvgIpc) is 3.15. The first kappa shape index (κ1) is 14.9. The first-order valence-corrected chi connectivity index (χ1v) is 9.01. The highest BCUT2D eigenvalue weighted by molar-refractivity contribution is 7.99. The number of carbonyl (C=O) groups excluding carboxylic acids is 1. The van der Waals surface area contributed by atoms with E-state index in [1.165, 1.54) is 11.3 Å². The number of hydrogen-bond donors (Lipinski definition) is 1. The highest BCUT2D eigenvalue weighted by atomic mass is 35.5. The van der Waals surface area contributed by atoms with Crippen molar-refractivity contribution < 1.29 is 9.32 Å². The van der Waals surface area contributed by atoms with E-state index < -0.39 is 0 Å². The molecule has 2 aromatic heterocycles. The molecule has 1 aliphatic heterocycles. The predicted molar refractivity (Wildman–Crippen MR) is 84.1 cm³/mol. The molecule has 0 aromatic carbocycles. The van der Waals surface area contributed by atoms with Crippen LogP contribution in [0.4, 0.5) is 0 Å². The van der Waals surface area contributed by atoms with Crippen LogP contribution in [0.1, 0.15) is 40.1 Å². The molecule has 1 N–H and O–H groups in total. The van der Waals surface area contributed by atoms with E-state index >= 15 is 0 Å². The second-order valence-corrected chi connectivity index (χ2v) is 7.66. The molecule has 0 bridgehead atoms. The minimum Gasteiger partial charge on any atom is -0.342 e. The normalized spacial score (nSPS) is 16.0. The molecule has 0 aliphatic carbocycles. The van der Waals surface area contributed by atoms with Gasteiger partial charge in [-0.25, -0.2) is 0 Å². The summed E-state index contributed by atoms with van der Waals surface area (Å²) in [5, 5.41) is 6.79. The molecule has 8 heteroatoms. The van der Waals surface area contributed by atoms with Crippen molar-refractivity contribution in [1.29, 1.82) is 0 Å². The van der Waals surface area contributed by atoms with Crippen LogP contribution in [0.25, 0.3) is 0 Å². The summed E-state index contributed by atoms with van der Waals surface area (Å²) in [5.41, 5.74) is 0. The Bertz CT molecular complexity index is 622. The van der Waals surface area contributed by atoms with E-state index in [2.05, 4.69) is 15.5 Å². The molecule has 3 heterocycles. The van der Waals surface area contributed by atoms with Crippen molar-refractivity contribution >= 4 is 40.6 Å². The molecule has 0 atom stereocenters. The van der Waals surface area contributed by atoms with Gasteiger partial charge in [-0.3, -0.25) is 4.79 Å². The van der Waals surface area contributed by atoms with Gasteiger partial charge in [0.25, 0.3) is 5.91 Å². The second kappa shape index (κ2) is 6.81. The van der Waals surface area contributed by atoms with Crippen LogP contribution in [0.5, 0.6) is 0 Å². The highest BCUT2D eigenvalue weighted by Crippen LogP contribution is 2.29. The van der Waals surface area contributed by atoms with Gasteiger partial charge in [-0.05, 0) is 36.5 Å². The van der Waals surface area contributed by atoms with Gasteiger partial charge >= 0.3 is 0 Å². The van der Waals surface area contributed by atoms with Crippen LogP contribution in [-0.2, 0) is 6.54 Å². The van der Waals surface area contributed by atoms with Crippen molar-refractivity contribution in [2.24, 2.45) is 0 Å². The molecule has 1 amide bonds. The van der Waals surface area contributed by atoms with Crippen LogP contribution in [-0.4, -0.2) is 27.6 Å². The van der Waals surface area contributed by atoms with Gasteiger partial charge in [0.15, 0.2) is 5.82 Å². The summed E-state index contributed by atoms with van der Waals surface area (Å²) in [6.07, 6.45) is 2.17. The fourth-order valence-corrected chi connectivity index (χ4v) is 4.21. The van der Waals surface area contributed by atoms with Gasteiger partial charge in [0.1, 0.15) is 0 Å². The first-order valence-electron chi connectivity index (χ1n) is 6.66. The third-order valence-electron chi connectivity index (χ3n) is 3.27. The van der Waals surface area contributed by atoms with E-state index in [9.17, 15) is 4.79 Å². The van der Waals surface area contributed by atoms with Gasteiger partial charge in [-0.1, -0.05) is 16.8 Å². The topological polar surface area (TPSA) is 68.0 Å². The molecule has 0 unspecified atom stereocenters. The maximum Gasteiger partial charge on any atom is 0.261 e. The van der Waals surface area contributed by atoms with Crippen LogP contribution in [0, 0.1) is 0 Å². The van der Waals surface area contributed by atoms with E-state index in [1.54, 1.807) is 12.1 Å². The molecule has 5 nitrogen and oxygen atoms in total. The zero-order chi connectivity index (χ0) is 14.7. The summed E-state index contributed by atoms with van der Waals surface area (Å²) < 4.78 is 5.80. The van der Waals surface area contributed by atoms with Gasteiger partial charge in [0.2, 0.25) is 5.89 Å². The summed E-state index contributed by atoms with van der Waals surface area (Å²) in [6, 6.07) is 3.40. The Balaban J connectivity index is 1.56. The Hall–Kier alpha value is -1.05. The number of thiophene rings is 1. The zero-order valence-corrected chi connectivity index (χ0v) is 13.6. The Morgan fingerprint density at radius 1 is 1.43 bits per heavy atom. The lowest BCUT2D eigenvalue weighted by molar-refractivity contribution is 0.0950. The standard InChI is InChI=1S/C13H14ClN3O2S2/c14-10-2-1-9(21-10)13(18)15-7-11-16-12(17-19-11)8-3-5-20-6-4-8/h1-2,8H,3-7H2,(H,15,18). The maximum atomic E-state index is 11.9. The van der Waals surface area contributed by atoms with Crippen LogP contribution in [0.3, 0.4) is 0 Å². The van der Waals surface area contributed by atoms with Crippen molar-refractivity contribution in [3.05, 3.63) is 33.1 Å². The van der Waals surface area contributed by atoms with Crippen molar-refractivity contribution in [3.8, 4) is 0 Å². The van der Waals surface area contributed by atoms with Gasteiger partial charge in [-0.2, -0.15) is 16.7 Å². The smallest absolute Gasteiger partial charge is 0.261 e. The van der Waals surface area contributed by atoms with Crippen molar-refractivity contribution in [3.63, 3.8) is 0 Å². The average molecular weight is 344 g/mol. The first-order chi connectivity index (χ1) is 10.2. The Morgan fingerprint density at radius 3 is 2.95 bits per heavy atom. The molecule has 0 radical (unpaired) electrons. The molecule has 1 aliphatic rings. The zero-order valence-electron chi connectivity index (χ0n) is 11.2. The van der Waals surface area contributed by atoms with Crippen molar-refractivity contribution in [1.82, 2.24) is 15.5 Å². The van der Waals surface area contributed by atoms with Crippen LogP contribution in [0.2, 0.25) is 4.34 Å². The quantitative estimate of drug-likeness (QED) is 0.922. The third kappa shape index (κ3) is 3.78. The van der Waals surface area contributed by atoms with E-state index in [-0.39, 0.29) is 12.5 Å². The third-order valence-corrected chi connectivity index (χ3v) is 5.55. The minimum absolute atomic E-state index is 0.180. The summed E-state index contributed by atoms with van der Waals surface area (Å²) in [6.45, 7) is 0.239. The summed E-state index contributed by atoms with van der Waals surface area (Å²) in [5.74, 6) is 3.70. The van der Waals surface area contributed by atoms with Crippen molar-refractivity contribution in [2.45, 2.75) is 25.3 Å². The minimum atomic E-state index is -0.180. The van der Waals surface area contributed by atoms with E-state index in [0.29, 0.717) is 21.0 Å². The number of hydrogen-bond acceptors (Lipinski definition) is 6. The molecule has 112 valence electrons. The molecule has 2 aromatic rings. The predicted octanol–water partition coefficient (Wildman–Crippen LogP) is 3.33. The summed E-state index contributed by atoms with van der Waals surface area (Å²) in [4.78, 5) is 16.8. The van der Waals surface area contributed by atoms with Crippen LogP contribution >= 0.6 is 34.7 Å². The van der Waals surface area contributed by atoms with Crippen LogP contribution in [0.15, 0.2) is 16.7 Å². The fourth-order valence-electron chi connectivity index (χ4n) is 2.14. The lowest BCUT2D eigenvalue weighted by atomic mass is 10.0. The molecule has 0 spiro atoms. The van der Waals surface area contributed by atoms with Gasteiger partial charge in [0.05, 0.1) is 15.8 Å². The number of halogens is 1. The fraction of sp³-hybridized carbons (Fsp3) is 0.462. The van der Waals surface area contributed by atoms with Gasteiger partial charge in [0, 0.05) is 5.92 Å². The molecule has 1 fully saturated rings. The number of nitrogens with zero attached hydrogens (tertiary/aromatic N) is 2. The maximum absolute atomic E-state index is 11.9. The number of rotatable bonds is 4. The molecular weight excluding hydrogens is 330 g/mol.